The van der Waals surface area contributed by atoms with Gasteiger partial charge in [0.2, 0.25) is 5.91 Å². The highest BCUT2D eigenvalue weighted by molar-refractivity contribution is 5.82. The highest BCUT2D eigenvalue weighted by atomic mass is 16.2. The first kappa shape index (κ1) is 14.7. The van der Waals surface area contributed by atoms with Crippen molar-refractivity contribution >= 4 is 11.9 Å². The van der Waals surface area contributed by atoms with Crippen LogP contribution < -0.4 is 21.3 Å². The van der Waals surface area contributed by atoms with Gasteiger partial charge >= 0.3 is 6.03 Å². The summed E-state index contributed by atoms with van der Waals surface area (Å²) < 4.78 is 0. The molecule has 0 spiro atoms. The van der Waals surface area contributed by atoms with Crippen LogP contribution in [0.5, 0.6) is 0 Å². The predicted octanol–water partition coefficient (Wildman–Crippen LogP) is -1.68. The summed E-state index contributed by atoms with van der Waals surface area (Å²) in [6.45, 7) is 4.36. The number of carbonyl (C=O) groups excluding carboxylic acids is 2. The molecular weight excluding hydrogens is 234 g/mol. The molecule has 1 aliphatic rings. The van der Waals surface area contributed by atoms with Crippen molar-refractivity contribution in [3.63, 3.8) is 0 Å². The van der Waals surface area contributed by atoms with Crippen molar-refractivity contribution < 1.29 is 9.59 Å². The third-order valence-corrected chi connectivity index (χ3v) is 2.76. The van der Waals surface area contributed by atoms with Gasteiger partial charge in [-0.1, -0.05) is 0 Å². The van der Waals surface area contributed by atoms with E-state index < -0.39 is 0 Å². The van der Waals surface area contributed by atoms with Crippen molar-refractivity contribution in [2.45, 2.75) is 19.0 Å². The van der Waals surface area contributed by atoms with Crippen LogP contribution in [0.25, 0.3) is 0 Å². The summed E-state index contributed by atoms with van der Waals surface area (Å²) in [5.74, 6) is -0.0338. The molecule has 1 aliphatic heterocycles. The Bertz CT molecular complexity index is 287. The predicted molar refractivity (Wildman–Crippen MR) is 69.4 cm³/mol. The third-order valence-electron chi connectivity index (χ3n) is 2.76. The Labute approximate surface area is 108 Å². The Kier molecular flexibility index (Phi) is 5.87. The topological polar surface area (TPSA) is 85.5 Å². The van der Waals surface area contributed by atoms with Crippen LogP contribution in [0.3, 0.4) is 0 Å². The maximum absolute atomic E-state index is 11.7. The Hall–Kier alpha value is -1.34. The van der Waals surface area contributed by atoms with Crippen LogP contribution in [0, 0.1) is 0 Å². The van der Waals surface area contributed by atoms with Gasteiger partial charge in [-0.15, -0.1) is 0 Å². The number of rotatable bonds is 4. The standard InChI is InChI=1S/C11H23N5O2/c1-8-6-15-9(7-14-8)10(17)12-4-5-13-11(18)16(2)3/h8-9,14-15H,4-7H2,1-3H3,(H,12,17)(H,13,18). The number of hydrogen-bond donors (Lipinski definition) is 4. The van der Waals surface area contributed by atoms with E-state index in [1.807, 2.05) is 0 Å². The lowest BCUT2D eigenvalue weighted by molar-refractivity contribution is -0.123. The second kappa shape index (κ2) is 7.17. The second-order valence-corrected chi connectivity index (χ2v) is 4.69. The number of nitrogens with zero attached hydrogens (tertiary/aromatic N) is 1. The summed E-state index contributed by atoms with van der Waals surface area (Å²) in [5.41, 5.74) is 0. The van der Waals surface area contributed by atoms with Crippen LogP contribution >= 0.6 is 0 Å². The zero-order valence-electron chi connectivity index (χ0n) is 11.2. The molecule has 7 heteroatoms. The van der Waals surface area contributed by atoms with Crippen molar-refractivity contribution in [1.82, 2.24) is 26.2 Å². The van der Waals surface area contributed by atoms with Crippen molar-refractivity contribution in [2.75, 3.05) is 40.3 Å². The Balaban J connectivity index is 2.12. The molecule has 0 radical (unpaired) electrons. The molecule has 18 heavy (non-hydrogen) atoms. The van der Waals surface area contributed by atoms with E-state index in [-0.39, 0.29) is 18.0 Å². The van der Waals surface area contributed by atoms with E-state index in [1.165, 1.54) is 4.90 Å². The van der Waals surface area contributed by atoms with Gasteiger partial charge < -0.3 is 26.2 Å². The molecule has 1 heterocycles. The average molecular weight is 257 g/mol. The smallest absolute Gasteiger partial charge is 0.316 e. The Morgan fingerprint density at radius 2 is 1.83 bits per heavy atom. The average Bonchev–Trinajstić information content (AvgIpc) is 2.34. The van der Waals surface area contributed by atoms with Crippen LogP contribution in [0.1, 0.15) is 6.92 Å². The number of amides is 3. The molecule has 2 atom stereocenters. The van der Waals surface area contributed by atoms with Gasteiger partial charge in [-0.2, -0.15) is 0 Å². The van der Waals surface area contributed by atoms with E-state index >= 15 is 0 Å². The number of hydrogen-bond acceptors (Lipinski definition) is 4. The molecule has 0 aromatic rings. The fourth-order valence-corrected chi connectivity index (χ4v) is 1.60. The van der Waals surface area contributed by atoms with Gasteiger partial charge in [0.25, 0.3) is 0 Å². The van der Waals surface area contributed by atoms with Gasteiger partial charge in [-0.3, -0.25) is 4.79 Å². The minimum atomic E-state index is -0.189. The minimum absolute atomic E-state index is 0.0338. The van der Waals surface area contributed by atoms with E-state index in [9.17, 15) is 9.59 Å². The van der Waals surface area contributed by atoms with Gasteiger partial charge in [-0.25, -0.2) is 4.79 Å². The highest BCUT2D eigenvalue weighted by Gasteiger charge is 2.22. The molecule has 0 aromatic heterocycles. The normalized spacial score (nSPS) is 23.3. The van der Waals surface area contributed by atoms with Gasteiger partial charge in [-0.05, 0) is 6.92 Å². The highest BCUT2D eigenvalue weighted by Crippen LogP contribution is 1.92. The molecule has 0 aliphatic carbocycles. The van der Waals surface area contributed by atoms with Crippen LogP contribution in [-0.2, 0) is 4.79 Å². The first-order valence-corrected chi connectivity index (χ1v) is 6.20. The molecule has 1 fully saturated rings. The summed E-state index contributed by atoms with van der Waals surface area (Å²) in [4.78, 5) is 24.4. The van der Waals surface area contributed by atoms with Gasteiger partial charge in [0.05, 0.1) is 6.04 Å². The van der Waals surface area contributed by atoms with Crippen molar-refractivity contribution in [3.05, 3.63) is 0 Å². The molecule has 2 unspecified atom stereocenters. The number of carbonyl (C=O) groups is 2. The van der Waals surface area contributed by atoms with Crippen molar-refractivity contribution in [1.29, 1.82) is 0 Å². The van der Waals surface area contributed by atoms with Crippen LogP contribution in [0.4, 0.5) is 4.79 Å². The molecule has 0 saturated carbocycles. The molecule has 7 nitrogen and oxygen atoms in total. The monoisotopic (exact) mass is 257 g/mol. The number of urea groups is 1. The first-order valence-electron chi connectivity index (χ1n) is 6.20. The van der Waals surface area contributed by atoms with Gasteiger partial charge in [0.15, 0.2) is 0 Å². The maximum Gasteiger partial charge on any atom is 0.316 e. The maximum atomic E-state index is 11.7. The van der Waals surface area contributed by atoms with Crippen LogP contribution in [-0.4, -0.2) is 69.2 Å². The largest absolute Gasteiger partial charge is 0.353 e. The molecule has 3 amide bonds. The summed E-state index contributed by atoms with van der Waals surface area (Å²) in [6, 6.07) is 0.0507. The number of piperazine rings is 1. The quantitative estimate of drug-likeness (QED) is 0.453. The fraction of sp³-hybridized carbons (Fsp3) is 0.818. The van der Waals surface area contributed by atoms with E-state index in [0.29, 0.717) is 25.7 Å². The van der Waals surface area contributed by atoms with E-state index in [0.717, 1.165) is 6.54 Å². The SMILES string of the molecule is CC1CNC(C(=O)NCCNC(=O)N(C)C)CN1. The third kappa shape index (κ3) is 4.89. The summed E-state index contributed by atoms with van der Waals surface area (Å²) in [5, 5.41) is 11.9. The summed E-state index contributed by atoms with van der Waals surface area (Å²) in [7, 11) is 3.35. The summed E-state index contributed by atoms with van der Waals surface area (Å²) in [6.07, 6.45) is 0. The summed E-state index contributed by atoms with van der Waals surface area (Å²) >= 11 is 0. The lowest BCUT2D eigenvalue weighted by Gasteiger charge is -2.28. The first-order chi connectivity index (χ1) is 8.50. The minimum Gasteiger partial charge on any atom is -0.353 e. The molecular formula is C11H23N5O2. The van der Waals surface area contributed by atoms with Gasteiger partial charge in [0.1, 0.15) is 0 Å². The fourth-order valence-electron chi connectivity index (χ4n) is 1.60. The van der Waals surface area contributed by atoms with Crippen LogP contribution in [0.15, 0.2) is 0 Å². The van der Waals surface area contributed by atoms with E-state index in [2.05, 4.69) is 28.2 Å². The molecule has 1 rings (SSSR count). The molecule has 4 N–H and O–H groups in total. The zero-order chi connectivity index (χ0) is 13.5. The van der Waals surface area contributed by atoms with Gasteiger partial charge in [0, 0.05) is 46.3 Å². The second-order valence-electron chi connectivity index (χ2n) is 4.69. The lowest BCUT2D eigenvalue weighted by atomic mass is 10.1. The molecule has 0 bridgehead atoms. The lowest BCUT2D eigenvalue weighted by Crippen LogP contribution is -2.59. The van der Waals surface area contributed by atoms with Crippen molar-refractivity contribution in [3.8, 4) is 0 Å². The van der Waals surface area contributed by atoms with E-state index in [4.69, 9.17) is 0 Å². The Morgan fingerprint density at radius 1 is 1.17 bits per heavy atom. The Morgan fingerprint density at radius 3 is 2.39 bits per heavy atom. The number of nitrogens with one attached hydrogen (secondary N) is 4. The molecule has 0 aromatic carbocycles. The van der Waals surface area contributed by atoms with Crippen molar-refractivity contribution in [2.24, 2.45) is 0 Å². The van der Waals surface area contributed by atoms with Crippen LogP contribution in [0.2, 0.25) is 0 Å². The molecule has 104 valence electrons. The molecule has 1 saturated heterocycles. The van der Waals surface area contributed by atoms with E-state index in [1.54, 1.807) is 14.1 Å². The zero-order valence-corrected chi connectivity index (χ0v) is 11.2.